The molecule has 0 saturated carbocycles. The highest BCUT2D eigenvalue weighted by Crippen LogP contribution is 2.23. The summed E-state index contributed by atoms with van der Waals surface area (Å²) in [6.45, 7) is 1.89. The highest BCUT2D eigenvalue weighted by Gasteiger charge is 2.12. The molecule has 0 aliphatic carbocycles. The molecule has 0 fully saturated rings. The number of carbonyl (C=O) groups is 3. The summed E-state index contributed by atoms with van der Waals surface area (Å²) < 4.78 is 7.20. The Morgan fingerprint density at radius 1 is 0.763 bits per heavy atom. The zero-order valence-electron chi connectivity index (χ0n) is 20.1. The lowest BCUT2D eigenvalue weighted by molar-refractivity contribution is 0.0733. The summed E-state index contributed by atoms with van der Waals surface area (Å²) in [5.41, 5.74) is 5.74. The Hall–Kier alpha value is -4.08. The predicted molar refractivity (Wildman–Crippen MR) is 154 cm³/mol. The van der Waals surface area contributed by atoms with Crippen molar-refractivity contribution in [3.05, 3.63) is 128 Å². The largest absolute Gasteiger partial charge is 0.422 e. The van der Waals surface area contributed by atoms with Crippen molar-refractivity contribution in [3.63, 3.8) is 0 Å². The molecule has 38 heavy (non-hydrogen) atoms. The number of hydrogen-bond donors (Lipinski definition) is 2. The minimum atomic E-state index is -0.498. The van der Waals surface area contributed by atoms with E-state index in [-0.39, 0.29) is 5.91 Å². The first-order valence-electron chi connectivity index (χ1n) is 11.4. The number of halogens is 2. The minimum absolute atomic E-state index is 0.257. The van der Waals surface area contributed by atoms with Gasteiger partial charge < -0.3 is 10.1 Å². The Labute approximate surface area is 236 Å². The highest BCUT2D eigenvalue weighted by atomic mass is 79.9. The summed E-state index contributed by atoms with van der Waals surface area (Å²) in [5, 5.41) is 6.81. The minimum Gasteiger partial charge on any atom is -0.422 e. The van der Waals surface area contributed by atoms with Crippen LogP contribution in [0.3, 0.4) is 0 Å². The van der Waals surface area contributed by atoms with Crippen LogP contribution in [0.2, 0.25) is 0 Å². The SMILES string of the molecule is Cc1cccc(C(=O)Oc2ccc(Br)cc2/C=N\NC(=O)c2ccc(NC(=O)c3ccc(Br)cc3)cc2)c1. The quantitative estimate of drug-likeness (QED) is 0.102. The molecule has 0 bridgehead atoms. The number of nitrogens with zero attached hydrogens (tertiary/aromatic N) is 1. The first-order chi connectivity index (χ1) is 18.3. The van der Waals surface area contributed by atoms with Gasteiger partial charge in [-0.25, -0.2) is 10.2 Å². The molecule has 190 valence electrons. The van der Waals surface area contributed by atoms with Crippen LogP contribution in [-0.4, -0.2) is 24.0 Å². The molecular weight excluding hydrogens is 614 g/mol. The lowest BCUT2D eigenvalue weighted by atomic mass is 10.1. The Balaban J connectivity index is 1.38. The third kappa shape index (κ3) is 7.24. The number of benzene rings is 4. The monoisotopic (exact) mass is 633 g/mol. The number of amides is 2. The number of hydrazone groups is 1. The average Bonchev–Trinajstić information content (AvgIpc) is 2.90. The van der Waals surface area contributed by atoms with Gasteiger partial charge in [0.25, 0.3) is 11.8 Å². The summed E-state index contributed by atoms with van der Waals surface area (Å²) in [7, 11) is 0. The van der Waals surface area contributed by atoms with E-state index in [1.54, 1.807) is 84.9 Å². The van der Waals surface area contributed by atoms with Gasteiger partial charge in [0.1, 0.15) is 5.75 Å². The number of rotatable bonds is 7. The van der Waals surface area contributed by atoms with Gasteiger partial charge in [-0.15, -0.1) is 0 Å². The Kier molecular flexibility index (Phi) is 8.83. The number of hydrogen-bond acceptors (Lipinski definition) is 5. The number of anilines is 1. The Morgan fingerprint density at radius 3 is 2.13 bits per heavy atom. The molecular formula is C29H21Br2N3O4. The van der Waals surface area contributed by atoms with Gasteiger partial charge in [0, 0.05) is 31.3 Å². The molecule has 4 aromatic carbocycles. The van der Waals surface area contributed by atoms with E-state index in [0.717, 1.165) is 14.5 Å². The molecule has 0 spiro atoms. The van der Waals surface area contributed by atoms with Gasteiger partial charge in [-0.2, -0.15) is 5.10 Å². The molecule has 0 saturated heterocycles. The van der Waals surface area contributed by atoms with E-state index < -0.39 is 11.9 Å². The molecule has 0 atom stereocenters. The zero-order valence-corrected chi connectivity index (χ0v) is 23.2. The molecule has 7 nitrogen and oxygen atoms in total. The van der Waals surface area contributed by atoms with Crippen LogP contribution in [0.1, 0.15) is 42.2 Å². The van der Waals surface area contributed by atoms with Crippen molar-refractivity contribution in [2.24, 2.45) is 5.10 Å². The molecule has 9 heteroatoms. The van der Waals surface area contributed by atoms with Gasteiger partial charge in [-0.05, 0) is 85.8 Å². The van der Waals surface area contributed by atoms with Crippen molar-refractivity contribution < 1.29 is 19.1 Å². The number of esters is 1. The van der Waals surface area contributed by atoms with Crippen molar-refractivity contribution in [2.75, 3.05) is 5.32 Å². The smallest absolute Gasteiger partial charge is 0.343 e. The fraction of sp³-hybridized carbons (Fsp3) is 0.0345. The maximum absolute atomic E-state index is 12.6. The molecule has 2 N–H and O–H groups in total. The van der Waals surface area contributed by atoms with E-state index in [2.05, 4.69) is 47.7 Å². The van der Waals surface area contributed by atoms with Gasteiger partial charge >= 0.3 is 5.97 Å². The molecule has 4 aromatic rings. The van der Waals surface area contributed by atoms with Crippen molar-refractivity contribution in [3.8, 4) is 5.75 Å². The maximum atomic E-state index is 12.6. The lowest BCUT2D eigenvalue weighted by Crippen LogP contribution is -2.18. The second kappa shape index (κ2) is 12.4. The molecule has 4 rings (SSSR count). The molecule has 2 amide bonds. The van der Waals surface area contributed by atoms with E-state index in [1.165, 1.54) is 6.21 Å². The van der Waals surface area contributed by atoms with Crippen molar-refractivity contribution >= 4 is 61.5 Å². The second-order valence-electron chi connectivity index (χ2n) is 8.18. The van der Waals surface area contributed by atoms with E-state index in [0.29, 0.717) is 33.7 Å². The van der Waals surface area contributed by atoms with Crippen molar-refractivity contribution in [1.29, 1.82) is 0 Å². The van der Waals surface area contributed by atoms with Crippen LogP contribution in [0.15, 0.2) is 105 Å². The molecule has 0 radical (unpaired) electrons. The highest BCUT2D eigenvalue weighted by molar-refractivity contribution is 9.10. The second-order valence-corrected chi connectivity index (χ2v) is 10.0. The normalized spacial score (nSPS) is 10.7. The molecule has 0 heterocycles. The summed E-state index contributed by atoms with van der Waals surface area (Å²) in [4.78, 5) is 37.5. The summed E-state index contributed by atoms with van der Waals surface area (Å²) >= 11 is 6.73. The van der Waals surface area contributed by atoms with Crippen LogP contribution < -0.4 is 15.5 Å². The van der Waals surface area contributed by atoms with Crippen molar-refractivity contribution in [2.45, 2.75) is 6.92 Å². The van der Waals surface area contributed by atoms with Crippen LogP contribution in [0.4, 0.5) is 5.69 Å². The number of nitrogens with one attached hydrogen (secondary N) is 2. The molecule has 0 aliphatic rings. The first kappa shape index (κ1) is 27.0. The fourth-order valence-electron chi connectivity index (χ4n) is 3.38. The number of ether oxygens (including phenoxy) is 1. The summed E-state index contributed by atoms with van der Waals surface area (Å²) in [5.74, 6) is -0.904. The van der Waals surface area contributed by atoms with Gasteiger partial charge in [0.2, 0.25) is 0 Å². The zero-order chi connectivity index (χ0) is 27.1. The van der Waals surface area contributed by atoms with Gasteiger partial charge in [-0.3, -0.25) is 9.59 Å². The van der Waals surface area contributed by atoms with E-state index in [9.17, 15) is 14.4 Å². The Bertz CT molecular complexity index is 1520. The third-order valence-electron chi connectivity index (χ3n) is 5.31. The van der Waals surface area contributed by atoms with Crippen LogP contribution in [-0.2, 0) is 0 Å². The van der Waals surface area contributed by atoms with Crippen LogP contribution in [0.5, 0.6) is 5.75 Å². The topological polar surface area (TPSA) is 96.9 Å². The third-order valence-corrected chi connectivity index (χ3v) is 6.33. The lowest BCUT2D eigenvalue weighted by Gasteiger charge is -2.09. The van der Waals surface area contributed by atoms with Gasteiger partial charge in [0.05, 0.1) is 11.8 Å². The maximum Gasteiger partial charge on any atom is 0.343 e. The molecule has 0 unspecified atom stereocenters. The summed E-state index contributed by atoms with van der Waals surface area (Å²) in [6.07, 6.45) is 1.40. The van der Waals surface area contributed by atoms with Crippen LogP contribution >= 0.6 is 31.9 Å². The number of carbonyl (C=O) groups excluding carboxylic acids is 3. The van der Waals surface area contributed by atoms with Crippen LogP contribution in [0.25, 0.3) is 0 Å². The van der Waals surface area contributed by atoms with Gasteiger partial charge in [-0.1, -0.05) is 49.6 Å². The Morgan fingerprint density at radius 2 is 1.42 bits per heavy atom. The van der Waals surface area contributed by atoms with E-state index in [4.69, 9.17) is 4.74 Å². The van der Waals surface area contributed by atoms with Gasteiger partial charge in [0.15, 0.2) is 0 Å². The van der Waals surface area contributed by atoms with E-state index >= 15 is 0 Å². The standard InChI is InChI=1S/C29H21Br2N3O4/c1-18-3-2-4-21(15-18)29(37)38-26-14-11-24(31)16-22(26)17-32-34-28(36)20-7-12-25(13-8-20)33-27(35)19-5-9-23(30)10-6-19/h2-17H,1H3,(H,33,35)(H,34,36)/b32-17-. The van der Waals surface area contributed by atoms with Crippen LogP contribution in [0, 0.1) is 6.92 Å². The number of aryl methyl sites for hydroxylation is 1. The summed E-state index contributed by atoms with van der Waals surface area (Å²) in [6, 6.07) is 25.6. The fourth-order valence-corrected chi connectivity index (χ4v) is 4.02. The average molecular weight is 635 g/mol. The first-order valence-corrected chi connectivity index (χ1v) is 13.0. The van der Waals surface area contributed by atoms with Crippen molar-refractivity contribution in [1.82, 2.24) is 5.43 Å². The molecule has 0 aromatic heterocycles. The molecule has 0 aliphatic heterocycles. The predicted octanol–water partition coefficient (Wildman–Crippen LogP) is 6.76. The van der Waals surface area contributed by atoms with E-state index in [1.807, 2.05) is 13.0 Å².